The summed E-state index contributed by atoms with van der Waals surface area (Å²) in [6.45, 7) is 3.17. The van der Waals surface area contributed by atoms with Crippen molar-refractivity contribution in [3.8, 4) is 5.75 Å². The first-order chi connectivity index (χ1) is 8.45. The van der Waals surface area contributed by atoms with Crippen LogP contribution < -0.4 is 16.4 Å². The molecule has 0 bridgehead atoms. The summed E-state index contributed by atoms with van der Waals surface area (Å²) >= 11 is 0. The van der Waals surface area contributed by atoms with Gasteiger partial charge in [0.1, 0.15) is 5.75 Å². The molecule has 0 fully saturated rings. The Bertz CT molecular complexity index is 472. The maximum absolute atomic E-state index is 11.5. The highest BCUT2D eigenvalue weighted by Crippen LogP contribution is 2.27. The molecule has 2 amide bonds. The number of carbonyl (C=O) groups is 2. The molecule has 18 heavy (non-hydrogen) atoms. The number of hydrogen-bond acceptors (Lipinski definition) is 4. The zero-order chi connectivity index (χ0) is 13.7. The Balaban J connectivity index is 2.65. The van der Waals surface area contributed by atoms with Crippen molar-refractivity contribution in [2.45, 2.75) is 13.8 Å². The molecule has 0 saturated heterocycles. The van der Waals surface area contributed by atoms with Crippen LogP contribution >= 0.6 is 0 Å². The predicted molar refractivity (Wildman–Crippen MR) is 68.3 cm³/mol. The lowest BCUT2D eigenvalue weighted by Gasteiger charge is -2.11. The van der Waals surface area contributed by atoms with E-state index in [4.69, 9.17) is 5.73 Å². The lowest BCUT2D eigenvalue weighted by Crippen LogP contribution is -2.36. The van der Waals surface area contributed by atoms with Crippen LogP contribution in [0.3, 0.4) is 0 Å². The minimum absolute atomic E-state index is 0.149. The Morgan fingerprint density at radius 3 is 2.56 bits per heavy atom. The van der Waals surface area contributed by atoms with Gasteiger partial charge in [0, 0.05) is 11.3 Å². The molecule has 0 atom stereocenters. The van der Waals surface area contributed by atoms with Gasteiger partial charge in [-0.2, -0.15) is 0 Å². The van der Waals surface area contributed by atoms with Crippen LogP contribution in [-0.4, -0.2) is 30.0 Å². The number of aryl methyl sites for hydroxylation is 1. The molecule has 0 radical (unpaired) electrons. The van der Waals surface area contributed by atoms with Crippen molar-refractivity contribution in [2.75, 3.05) is 18.4 Å². The summed E-state index contributed by atoms with van der Waals surface area (Å²) in [5.74, 6) is -0.615. The fourth-order valence-corrected chi connectivity index (χ4v) is 1.42. The van der Waals surface area contributed by atoms with Gasteiger partial charge in [-0.05, 0) is 25.5 Å². The first kappa shape index (κ1) is 14.0. The van der Waals surface area contributed by atoms with Crippen LogP contribution in [0.4, 0.5) is 5.69 Å². The number of carbonyl (C=O) groups excluding carboxylic acids is 2. The standard InChI is InChI=1S/C12H17N3O3/c1-7-3-4-9(8(2)12(7)18)15-11(17)6-14-10(16)5-13/h3-4,18H,5-6,13H2,1-2H3,(H,14,16)(H,15,17). The Kier molecular flexibility index (Phi) is 4.67. The maximum atomic E-state index is 11.5. The van der Waals surface area contributed by atoms with Gasteiger partial charge in [-0.25, -0.2) is 0 Å². The van der Waals surface area contributed by atoms with Gasteiger partial charge in [-0.3, -0.25) is 9.59 Å². The van der Waals surface area contributed by atoms with Gasteiger partial charge in [0.05, 0.1) is 13.1 Å². The quantitative estimate of drug-likeness (QED) is 0.605. The van der Waals surface area contributed by atoms with Gasteiger partial charge in [0.25, 0.3) is 0 Å². The highest BCUT2D eigenvalue weighted by Gasteiger charge is 2.09. The van der Waals surface area contributed by atoms with E-state index < -0.39 is 5.91 Å². The van der Waals surface area contributed by atoms with Crippen LogP contribution in [0.15, 0.2) is 12.1 Å². The van der Waals surface area contributed by atoms with Crippen molar-refractivity contribution in [2.24, 2.45) is 5.73 Å². The molecule has 0 heterocycles. The van der Waals surface area contributed by atoms with Gasteiger partial charge in [-0.1, -0.05) is 6.07 Å². The topological polar surface area (TPSA) is 104 Å². The van der Waals surface area contributed by atoms with Gasteiger partial charge in [-0.15, -0.1) is 0 Å². The van der Waals surface area contributed by atoms with Crippen molar-refractivity contribution < 1.29 is 14.7 Å². The summed E-state index contributed by atoms with van der Waals surface area (Å²) in [7, 11) is 0. The molecule has 0 unspecified atom stereocenters. The third-order valence-electron chi connectivity index (χ3n) is 2.54. The number of amides is 2. The SMILES string of the molecule is Cc1ccc(NC(=O)CNC(=O)CN)c(C)c1O. The number of phenols is 1. The number of benzene rings is 1. The molecule has 0 aliphatic heterocycles. The summed E-state index contributed by atoms with van der Waals surface area (Å²) in [6, 6.07) is 3.41. The molecular weight excluding hydrogens is 234 g/mol. The second-order valence-electron chi connectivity index (χ2n) is 3.93. The largest absolute Gasteiger partial charge is 0.507 e. The van der Waals surface area contributed by atoms with Crippen LogP contribution in [0.25, 0.3) is 0 Å². The Morgan fingerprint density at radius 1 is 1.28 bits per heavy atom. The molecule has 0 aliphatic rings. The third-order valence-corrected chi connectivity index (χ3v) is 2.54. The highest BCUT2D eigenvalue weighted by molar-refractivity contribution is 5.95. The monoisotopic (exact) mass is 251 g/mol. The van der Waals surface area contributed by atoms with E-state index in [2.05, 4.69) is 10.6 Å². The number of anilines is 1. The van der Waals surface area contributed by atoms with Gasteiger partial charge in [0.2, 0.25) is 11.8 Å². The van der Waals surface area contributed by atoms with Crippen LogP contribution in [0, 0.1) is 13.8 Å². The molecule has 1 rings (SSSR count). The Hall–Kier alpha value is -2.08. The van der Waals surface area contributed by atoms with E-state index in [0.717, 1.165) is 5.56 Å². The number of rotatable bonds is 4. The van der Waals surface area contributed by atoms with Crippen molar-refractivity contribution in [3.63, 3.8) is 0 Å². The average molecular weight is 251 g/mol. The van der Waals surface area contributed by atoms with E-state index in [1.807, 2.05) is 0 Å². The lowest BCUT2D eigenvalue weighted by atomic mass is 10.1. The zero-order valence-corrected chi connectivity index (χ0v) is 10.4. The molecule has 6 nitrogen and oxygen atoms in total. The fourth-order valence-electron chi connectivity index (χ4n) is 1.42. The smallest absolute Gasteiger partial charge is 0.243 e. The van der Waals surface area contributed by atoms with Crippen LogP contribution in [-0.2, 0) is 9.59 Å². The highest BCUT2D eigenvalue weighted by atomic mass is 16.3. The summed E-state index contributed by atoms with van der Waals surface area (Å²) in [6.07, 6.45) is 0. The minimum atomic E-state index is -0.395. The van der Waals surface area contributed by atoms with Crippen molar-refractivity contribution in [1.82, 2.24) is 5.32 Å². The first-order valence-corrected chi connectivity index (χ1v) is 5.51. The molecule has 5 N–H and O–H groups in total. The molecule has 6 heteroatoms. The maximum Gasteiger partial charge on any atom is 0.243 e. The van der Waals surface area contributed by atoms with Crippen LogP contribution in [0.2, 0.25) is 0 Å². The van der Waals surface area contributed by atoms with E-state index in [9.17, 15) is 14.7 Å². The lowest BCUT2D eigenvalue weighted by molar-refractivity contribution is -0.123. The van der Waals surface area contributed by atoms with Crippen molar-refractivity contribution in [3.05, 3.63) is 23.3 Å². The van der Waals surface area contributed by atoms with Gasteiger partial charge >= 0.3 is 0 Å². The minimum Gasteiger partial charge on any atom is -0.507 e. The Labute approximate surface area is 105 Å². The molecule has 0 aromatic heterocycles. The number of phenolic OH excluding ortho intramolecular Hbond substituents is 1. The molecule has 0 spiro atoms. The zero-order valence-electron chi connectivity index (χ0n) is 10.4. The number of nitrogens with two attached hydrogens (primary N) is 1. The van der Waals surface area contributed by atoms with E-state index in [0.29, 0.717) is 11.3 Å². The second kappa shape index (κ2) is 6.02. The van der Waals surface area contributed by atoms with Crippen molar-refractivity contribution >= 4 is 17.5 Å². The summed E-state index contributed by atoms with van der Waals surface area (Å²) < 4.78 is 0. The van der Waals surface area contributed by atoms with E-state index in [-0.39, 0.29) is 24.7 Å². The predicted octanol–water partition coefficient (Wildman–Crippen LogP) is 0.0224. The van der Waals surface area contributed by atoms with Gasteiger partial charge < -0.3 is 21.5 Å². The van der Waals surface area contributed by atoms with Crippen LogP contribution in [0.5, 0.6) is 5.75 Å². The second-order valence-corrected chi connectivity index (χ2v) is 3.93. The molecule has 0 saturated carbocycles. The molecule has 98 valence electrons. The van der Waals surface area contributed by atoms with E-state index in [1.165, 1.54) is 0 Å². The molecule has 0 aliphatic carbocycles. The molecule has 1 aromatic rings. The molecule has 1 aromatic carbocycles. The molecular formula is C12H17N3O3. The van der Waals surface area contributed by atoms with Crippen molar-refractivity contribution in [1.29, 1.82) is 0 Å². The summed E-state index contributed by atoms with van der Waals surface area (Å²) in [5.41, 5.74) is 6.94. The summed E-state index contributed by atoms with van der Waals surface area (Å²) in [4.78, 5) is 22.4. The average Bonchev–Trinajstić information content (AvgIpc) is 2.36. The third kappa shape index (κ3) is 3.46. The number of nitrogens with one attached hydrogen (secondary N) is 2. The first-order valence-electron chi connectivity index (χ1n) is 5.51. The Morgan fingerprint density at radius 2 is 1.94 bits per heavy atom. The van der Waals surface area contributed by atoms with Crippen LogP contribution in [0.1, 0.15) is 11.1 Å². The van der Waals surface area contributed by atoms with E-state index in [1.54, 1.807) is 26.0 Å². The number of hydrogen-bond donors (Lipinski definition) is 4. The summed E-state index contributed by atoms with van der Waals surface area (Å²) in [5, 5.41) is 14.7. The normalized spacial score (nSPS) is 9.94. The fraction of sp³-hybridized carbons (Fsp3) is 0.333. The van der Waals surface area contributed by atoms with Gasteiger partial charge in [0.15, 0.2) is 0 Å². The van der Waals surface area contributed by atoms with E-state index >= 15 is 0 Å². The number of aromatic hydroxyl groups is 1.